The molecule has 0 spiro atoms. The number of hydrogen-bond acceptors (Lipinski definition) is 3. The van der Waals surface area contributed by atoms with Crippen molar-refractivity contribution in [2.75, 3.05) is 20.2 Å². The molecule has 1 aliphatic heterocycles. The van der Waals surface area contributed by atoms with Crippen LogP contribution in [0.1, 0.15) is 29.9 Å². The SMILES string of the molecule is COC(=O)Cc1ccc(C2CCCNC2)cc1. The number of benzene rings is 1. The standard InChI is InChI=1S/C14H19NO2/c1-17-14(16)9-11-4-6-12(7-5-11)13-3-2-8-15-10-13/h4-7,13,15H,2-3,8-10H2,1H3. The van der Waals surface area contributed by atoms with Crippen LogP contribution in [0.4, 0.5) is 0 Å². The molecular weight excluding hydrogens is 214 g/mol. The molecule has 1 saturated heterocycles. The Labute approximate surface area is 102 Å². The molecule has 1 fully saturated rings. The van der Waals surface area contributed by atoms with E-state index in [1.807, 2.05) is 12.1 Å². The molecule has 1 aliphatic rings. The minimum atomic E-state index is -0.183. The molecule has 1 aromatic carbocycles. The van der Waals surface area contributed by atoms with Crippen LogP contribution in [0.15, 0.2) is 24.3 Å². The predicted molar refractivity (Wildman–Crippen MR) is 67.0 cm³/mol. The maximum Gasteiger partial charge on any atom is 0.309 e. The van der Waals surface area contributed by atoms with E-state index >= 15 is 0 Å². The Balaban J connectivity index is 1.99. The zero-order chi connectivity index (χ0) is 12.1. The summed E-state index contributed by atoms with van der Waals surface area (Å²) in [5.41, 5.74) is 2.38. The van der Waals surface area contributed by atoms with Crippen LogP contribution in [0.2, 0.25) is 0 Å². The lowest BCUT2D eigenvalue weighted by atomic mass is 9.91. The number of nitrogens with one attached hydrogen (secondary N) is 1. The molecule has 1 unspecified atom stereocenters. The molecule has 17 heavy (non-hydrogen) atoms. The third-order valence-electron chi connectivity index (χ3n) is 3.32. The summed E-state index contributed by atoms with van der Waals surface area (Å²) in [6, 6.07) is 8.33. The van der Waals surface area contributed by atoms with Gasteiger partial charge in [0.05, 0.1) is 13.5 Å². The molecule has 1 aromatic rings. The van der Waals surface area contributed by atoms with Crippen LogP contribution in [0.25, 0.3) is 0 Å². The van der Waals surface area contributed by atoms with Crippen molar-refractivity contribution in [1.82, 2.24) is 5.32 Å². The molecule has 1 atom stereocenters. The first-order valence-electron chi connectivity index (χ1n) is 6.16. The van der Waals surface area contributed by atoms with Gasteiger partial charge in [0.25, 0.3) is 0 Å². The monoisotopic (exact) mass is 233 g/mol. The van der Waals surface area contributed by atoms with Gasteiger partial charge in [0, 0.05) is 6.54 Å². The van der Waals surface area contributed by atoms with E-state index in [4.69, 9.17) is 0 Å². The summed E-state index contributed by atoms with van der Waals surface area (Å²) < 4.78 is 4.65. The van der Waals surface area contributed by atoms with E-state index in [-0.39, 0.29) is 5.97 Å². The Morgan fingerprint density at radius 3 is 2.76 bits per heavy atom. The largest absolute Gasteiger partial charge is 0.469 e. The summed E-state index contributed by atoms with van der Waals surface area (Å²) in [5.74, 6) is 0.438. The van der Waals surface area contributed by atoms with Crippen molar-refractivity contribution in [1.29, 1.82) is 0 Å². The number of hydrogen-bond donors (Lipinski definition) is 1. The molecule has 0 aromatic heterocycles. The molecule has 92 valence electrons. The number of rotatable bonds is 3. The molecule has 0 radical (unpaired) electrons. The second kappa shape index (κ2) is 5.82. The molecule has 0 bridgehead atoms. The van der Waals surface area contributed by atoms with Gasteiger partial charge >= 0.3 is 5.97 Å². The fourth-order valence-corrected chi connectivity index (χ4v) is 2.28. The van der Waals surface area contributed by atoms with E-state index in [1.165, 1.54) is 25.5 Å². The second-order valence-corrected chi connectivity index (χ2v) is 4.54. The van der Waals surface area contributed by atoms with Gasteiger partial charge in [0.15, 0.2) is 0 Å². The highest BCUT2D eigenvalue weighted by atomic mass is 16.5. The zero-order valence-electron chi connectivity index (χ0n) is 10.2. The van der Waals surface area contributed by atoms with Crippen molar-refractivity contribution in [3.05, 3.63) is 35.4 Å². The quantitative estimate of drug-likeness (QED) is 0.810. The normalized spacial score (nSPS) is 19.9. The Hall–Kier alpha value is -1.35. The van der Waals surface area contributed by atoms with E-state index in [9.17, 15) is 4.79 Å². The van der Waals surface area contributed by atoms with Crippen molar-refractivity contribution in [3.8, 4) is 0 Å². The third-order valence-corrected chi connectivity index (χ3v) is 3.32. The summed E-state index contributed by atoms with van der Waals surface area (Å²) in [5, 5.41) is 3.42. The minimum absolute atomic E-state index is 0.183. The highest BCUT2D eigenvalue weighted by Gasteiger charge is 2.14. The van der Waals surface area contributed by atoms with Crippen LogP contribution < -0.4 is 5.32 Å². The third kappa shape index (κ3) is 3.30. The molecule has 3 heteroatoms. The van der Waals surface area contributed by atoms with Crippen LogP contribution in [0.5, 0.6) is 0 Å². The van der Waals surface area contributed by atoms with E-state index < -0.39 is 0 Å². The first-order chi connectivity index (χ1) is 8.29. The summed E-state index contributed by atoms with van der Waals surface area (Å²) in [4.78, 5) is 11.1. The lowest BCUT2D eigenvalue weighted by Gasteiger charge is -2.23. The summed E-state index contributed by atoms with van der Waals surface area (Å²) >= 11 is 0. The van der Waals surface area contributed by atoms with Gasteiger partial charge in [0.1, 0.15) is 0 Å². The van der Waals surface area contributed by atoms with Gasteiger partial charge in [-0.15, -0.1) is 0 Å². The summed E-state index contributed by atoms with van der Waals surface area (Å²) in [6.45, 7) is 2.20. The van der Waals surface area contributed by atoms with Crippen LogP contribution in [-0.4, -0.2) is 26.2 Å². The smallest absolute Gasteiger partial charge is 0.309 e. The van der Waals surface area contributed by atoms with E-state index in [0.717, 1.165) is 18.7 Å². The fraction of sp³-hybridized carbons (Fsp3) is 0.500. The number of ether oxygens (including phenoxy) is 1. The number of esters is 1. The molecule has 0 amide bonds. The van der Waals surface area contributed by atoms with Crippen molar-refractivity contribution in [2.24, 2.45) is 0 Å². The van der Waals surface area contributed by atoms with Crippen LogP contribution in [0, 0.1) is 0 Å². The van der Waals surface area contributed by atoms with E-state index in [1.54, 1.807) is 0 Å². The molecular formula is C14H19NO2. The van der Waals surface area contributed by atoms with Gasteiger partial charge in [-0.1, -0.05) is 24.3 Å². The minimum Gasteiger partial charge on any atom is -0.469 e. The first-order valence-corrected chi connectivity index (χ1v) is 6.16. The Bertz CT molecular complexity index is 366. The lowest BCUT2D eigenvalue weighted by Crippen LogP contribution is -2.28. The highest BCUT2D eigenvalue weighted by Crippen LogP contribution is 2.23. The van der Waals surface area contributed by atoms with Gasteiger partial charge in [-0.2, -0.15) is 0 Å². The molecule has 2 rings (SSSR count). The first kappa shape index (κ1) is 12.1. The topological polar surface area (TPSA) is 38.3 Å². The van der Waals surface area contributed by atoms with Gasteiger partial charge in [0.2, 0.25) is 0 Å². The lowest BCUT2D eigenvalue weighted by molar-refractivity contribution is -0.139. The van der Waals surface area contributed by atoms with Crippen LogP contribution >= 0.6 is 0 Å². The highest BCUT2D eigenvalue weighted by molar-refractivity contribution is 5.72. The van der Waals surface area contributed by atoms with Crippen molar-refractivity contribution in [2.45, 2.75) is 25.2 Å². The fourth-order valence-electron chi connectivity index (χ4n) is 2.28. The summed E-state index contributed by atoms with van der Waals surface area (Å²) in [6.07, 6.45) is 2.86. The van der Waals surface area contributed by atoms with Crippen molar-refractivity contribution < 1.29 is 9.53 Å². The number of piperidine rings is 1. The van der Waals surface area contributed by atoms with Crippen molar-refractivity contribution >= 4 is 5.97 Å². The van der Waals surface area contributed by atoms with Gasteiger partial charge in [-0.05, 0) is 36.4 Å². The molecule has 1 heterocycles. The average molecular weight is 233 g/mol. The molecule has 1 N–H and O–H groups in total. The average Bonchev–Trinajstić information content (AvgIpc) is 2.40. The number of carbonyl (C=O) groups excluding carboxylic acids is 1. The van der Waals surface area contributed by atoms with Gasteiger partial charge < -0.3 is 10.1 Å². The Kier molecular flexibility index (Phi) is 4.15. The predicted octanol–water partition coefficient (Wildman–Crippen LogP) is 1.87. The van der Waals surface area contributed by atoms with Crippen LogP contribution in [0.3, 0.4) is 0 Å². The maximum atomic E-state index is 11.1. The van der Waals surface area contributed by atoms with Gasteiger partial charge in [-0.3, -0.25) is 4.79 Å². The van der Waals surface area contributed by atoms with E-state index in [2.05, 4.69) is 22.2 Å². The molecule has 0 aliphatic carbocycles. The van der Waals surface area contributed by atoms with Gasteiger partial charge in [-0.25, -0.2) is 0 Å². The second-order valence-electron chi connectivity index (χ2n) is 4.54. The summed E-state index contributed by atoms with van der Waals surface area (Å²) in [7, 11) is 1.42. The van der Waals surface area contributed by atoms with Crippen LogP contribution in [-0.2, 0) is 16.0 Å². The van der Waals surface area contributed by atoms with E-state index in [0.29, 0.717) is 12.3 Å². The molecule has 0 saturated carbocycles. The number of methoxy groups -OCH3 is 1. The maximum absolute atomic E-state index is 11.1. The Morgan fingerprint density at radius 2 is 2.18 bits per heavy atom. The van der Waals surface area contributed by atoms with Crippen molar-refractivity contribution in [3.63, 3.8) is 0 Å². The number of carbonyl (C=O) groups is 1. The molecule has 3 nitrogen and oxygen atoms in total. The Morgan fingerprint density at radius 1 is 1.41 bits per heavy atom. The zero-order valence-corrected chi connectivity index (χ0v) is 10.2.